The van der Waals surface area contributed by atoms with Gasteiger partial charge in [0.2, 0.25) is 0 Å². The van der Waals surface area contributed by atoms with Gasteiger partial charge in [-0.15, -0.1) is 0 Å². The average Bonchev–Trinajstić information content (AvgIpc) is 3.19. The number of hydrogen-bond donors (Lipinski definition) is 2. The zero-order valence-electron chi connectivity index (χ0n) is 18.0. The third-order valence-corrected chi connectivity index (χ3v) is 5.64. The molecule has 3 heterocycles. The molecular formula is C23H24FN5O4. The molecule has 1 aliphatic rings. The van der Waals surface area contributed by atoms with Crippen LogP contribution in [0, 0.1) is 11.7 Å². The van der Waals surface area contributed by atoms with E-state index in [2.05, 4.69) is 15.4 Å². The van der Waals surface area contributed by atoms with E-state index in [1.807, 2.05) is 35.2 Å². The molecule has 4 rings (SSSR count). The fourth-order valence-electron chi connectivity index (χ4n) is 3.76. The van der Waals surface area contributed by atoms with Crippen LogP contribution in [-0.2, 0) is 9.53 Å². The molecule has 10 heteroatoms. The normalized spacial score (nSPS) is 15.2. The van der Waals surface area contributed by atoms with Crippen LogP contribution in [0.4, 0.5) is 20.8 Å². The fourth-order valence-corrected chi connectivity index (χ4v) is 3.76. The molecule has 1 fully saturated rings. The Labute approximate surface area is 189 Å². The number of nitrogens with one attached hydrogen (secondary N) is 1. The Morgan fingerprint density at radius 3 is 2.52 bits per heavy atom. The molecule has 0 radical (unpaired) electrons. The molecule has 1 aromatic carbocycles. The van der Waals surface area contributed by atoms with Crippen molar-refractivity contribution >= 4 is 23.7 Å². The largest absolute Gasteiger partial charge is 0.481 e. The molecule has 2 N–H and O–H groups in total. The molecule has 1 aliphatic heterocycles. The van der Waals surface area contributed by atoms with Crippen molar-refractivity contribution in [3.8, 4) is 5.69 Å². The number of halogens is 1. The number of piperidine rings is 1. The van der Waals surface area contributed by atoms with Crippen LogP contribution in [0.5, 0.6) is 0 Å². The molecule has 0 saturated carbocycles. The summed E-state index contributed by atoms with van der Waals surface area (Å²) in [5, 5.41) is 15.6. The monoisotopic (exact) mass is 453 g/mol. The van der Waals surface area contributed by atoms with Crippen LogP contribution in [-0.4, -0.2) is 45.0 Å². The van der Waals surface area contributed by atoms with Gasteiger partial charge in [-0.05, 0) is 37.5 Å². The lowest BCUT2D eigenvalue weighted by Crippen LogP contribution is -2.36. The molecule has 1 amide bonds. The molecule has 2 aromatic heterocycles. The number of carbonyl (C=O) groups excluding carboxylic acids is 1. The lowest BCUT2D eigenvalue weighted by molar-refractivity contribution is -0.142. The van der Waals surface area contributed by atoms with E-state index in [9.17, 15) is 14.0 Å². The molecule has 9 nitrogen and oxygen atoms in total. The minimum atomic E-state index is -0.808. The van der Waals surface area contributed by atoms with Gasteiger partial charge >= 0.3 is 12.1 Å². The van der Waals surface area contributed by atoms with Crippen molar-refractivity contribution in [2.45, 2.75) is 25.9 Å². The lowest BCUT2D eigenvalue weighted by atomic mass is 9.97. The third kappa shape index (κ3) is 5.11. The van der Waals surface area contributed by atoms with Gasteiger partial charge in [-0.25, -0.2) is 18.9 Å². The van der Waals surface area contributed by atoms with E-state index in [1.54, 1.807) is 19.1 Å². The quantitative estimate of drug-likeness (QED) is 0.580. The summed E-state index contributed by atoms with van der Waals surface area (Å²) in [4.78, 5) is 29.9. The van der Waals surface area contributed by atoms with Crippen LogP contribution < -0.4 is 10.2 Å². The molecule has 0 spiro atoms. The molecule has 1 saturated heterocycles. The second kappa shape index (κ2) is 9.68. The molecule has 33 heavy (non-hydrogen) atoms. The number of aliphatic carboxylic acids is 1. The Bertz CT molecular complexity index is 1110. The van der Waals surface area contributed by atoms with E-state index in [4.69, 9.17) is 9.84 Å². The maximum Gasteiger partial charge on any atom is 0.413 e. The number of ether oxygens (including phenoxy) is 1. The minimum absolute atomic E-state index is 0.155. The van der Waals surface area contributed by atoms with Gasteiger partial charge in [0.1, 0.15) is 11.9 Å². The van der Waals surface area contributed by atoms with Gasteiger partial charge in [0.05, 0.1) is 24.0 Å². The molecule has 3 aromatic rings. The summed E-state index contributed by atoms with van der Waals surface area (Å²) in [7, 11) is 0. The van der Waals surface area contributed by atoms with Gasteiger partial charge in [-0.1, -0.05) is 30.3 Å². The Morgan fingerprint density at radius 1 is 1.15 bits per heavy atom. The summed E-state index contributed by atoms with van der Waals surface area (Å²) < 4.78 is 20.9. The Kier molecular flexibility index (Phi) is 6.53. The number of anilines is 2. The number of carbonyl (C=O) groups is 2. The second-order valence-corrected chi connectivity index (χ2v) is 7.81. The molecule has 1 unspecified atom stereocenters. The molecule has 1 atom stereocenters. The van der Waals surface area contributed by atoms with Crippen molar-refractivity contribution in [2.75, 3.05) is 23.3 Å². The van der Waals surface area contributed by atoms with Gasteiger partial charge in [0.25, 0.3) is 0 Å². The summed E-state index contributed by atoms with van der Waals surface area (Å²) in [6.45, 7) is 2.92. The van der Waals surface area contributed by atoms with Crippen LogP contribution in [0.2, 0.25) is 0 Å². The van der Waals surface area contributed by atoms with Crippen LogP contribution in [0.15, 0.2) is 54.9 Å². The number of nitrogens with zero attached hydrogens (tertiary/aromatic N) is 4. The molecule has 172 valence electrons. The Morgan fingerprint density at radius 2 is 1.88 bits per heavy atom. The van der Waals surface area contributed by atoms with Crippen molar-refractivity contribution in [3.05, 3.63) is 66.2 Å². The van der Waals surface area contributed by atoms with Crippen molar-refractivity contribution in [1.82, 2.24) is 14.8 Å². The highest BCUT2D eigenvalue weighted by atomic mass is 19.1. The maximum absolute atomic E-state index is 14.4. The van der Waals surface area contributed by atoms with Gasteiger partial charge in [0.15, 0.2) is 11.6 Å². The highest BCUT2D eigenvalue weighted by Gasteiger charge is 2.25. The first-order valence-electron chi connectivity index (χ1n) is 10.6. The van der Waals surface area contributed by atoms with E-state index < -0.39 is 24.0 Å². The van der Waals surface area contributed by atoms with Crippen LogP contribution >= 0.6 is 0 Å². The smallest absolute Gasteiger partial charge is 0.413 e. The number of hydrogen-bond acceptors (Lipinski definition) is 6. The Balaban J connectivity index is 1.43. The number of amides is 1. The van der Waals surface area contributed by atoms with Gasteiger partial charge in [0, 0.05) is 13.1 Å². The van der Waals surface area contributed by atoms with Gasteiger partial charge in [-0.2, -0.15) is 5.10 Å². The van der Waals surface area contributed by atoms with Crippen molar-refractivity contribution < 1.29 is 23.8 Å². The maximum atomic E-state index is 14.4. The predicted molar refractivity (Wildman–Crippen MR) is 119 cm³/mol. The van der Waals surface area contributed by atoms with Crippen molar-refractivity contribution in [3.63, 3.8) is 0 Å². The standard InChI is InChI=1S/C23H24FN5O4/c1-15(16-5-3-2-4-6-16)33-23(32)27-21-19(24)14-26-29(21)18-7-8-20(25-13-18)28-11-9-17(10-12-28)22(30)31/h2-8,13-15,17H,9-12H2,1H3,(H,27,32)(H,30,31). The Hall–Kier alpha value is -3.95. The number of aromatic nitrogens is 3. The minimum Gasteiger partial charge on any atom is -0.481 e. The van der Waals surface area contributed by atoms with E-state index in [0.717, 1.165) is 11.8 Å². The van der Waals surface area contributed by atoms with E-state index in [1.165, 1.54) is 10.9 Å². The van der Waals surface area contributed by atoms with Gasteiger partial charge in [-0.3, -0.25) is 10.1 Å². The number of benzene rings is 1. The van der Waals surface area contributed by atoms with Crippen molar-refractivity contribution in [1.29, 1.82) is 0 Å². The topological polar surface area (TPSA) is 110 Å². The lowest BCUT2D eigenvalue weighted by Gasteiger charge is -2.31. The average molecular weight is 453 g/mol. The summed E-state index contributed by atoms with van der Waals surface area (Å²) >= 11 is 0. The second-order valence-electron chi connectivity index (χ2n) is 7.81. The molecule has 0 aliphatic carbocycles. The molecule has 0 bridgehead atoms. The molecular weight excluding hydrogens is 429 g/mol. The van der Waals surface area contributed by atoms with E-state index in [-0.39, 0.29) is 11.7 Å². The summed E-state index contributed by atoms with van der Waals surface area (Å²) in [5.74, 6) is -1.27. The number of rotatable bonds is 6. The first-order chi connectivity index (χ1) is 15.9. The number of pyridine rings is 1. The zero-order chi connectivity index (χ0) is 23.4. The predicted octanol–water partition coefficient (Wildman–Crippen LogP) is 4.02. The van der Waals surface area contributed by atoms with E-state index in [0.29, 0.717) is 37.4 Å². The van der Waals surface area contributed by atoms with Gasteiger partial charge < -0.3 is 14.7 Å². The fraction of sp³-hybridized carbons (Fsp3) is 0.304. The van der Waals surface area contributed by atoms with Crippen LogP contribution in [0.3, 0.4) is 0 Å². The van der Waals surface area contributed by atoms with Crippen molar-refractivity contribution in [2.24, 2.45) is 5.92 Å². The highest BCUT2D eigenvalue weighted by Crippen LogP contribution is 2.25. The van der Waals surface area contributed by atoms with Crippen LogP contribution in [0.1, 0.15) is 31.4 Å². The first-order valence-corrected chi connectivity index (χ1v) is 10.6. The highest BCUT2D eigenvalue weighted by molar-refractivity contribution is 5.84. The zero-order valence-corrected chi connectivity index (χ0v) is 18.0. The summed E-state index contributed by atoms with van der Waals surface area (Å²) in [6.07, 6.45) is 2.31. The van der Waals surface area contributed by atoms with E-state index >= 15 is 0 Å². The number of carboxylic acid groups (broad SMARTS) is 1. The SMILES string of the molecule is CC(OC(=O)Nc1c(F)cnn1-c1ccc(N2CCC(C(=O)O)CC2)nc1)c1ccccc1. The third-order valence-electron chi connectivity index (χ3n) is 5.64. The first kappa shape index (κ1) is 22.3. The summed E-state index contributed by atoms with van der Waals surface area (Å²) in [5.41, 5.74) is 1.27. The number of carboxylic acids is 1. The summed E-state index contributed by atoms with van der Waals surface area (Å²) in [6, 6.07) is 12.7. The van der Waals surface area contributed by atoms with Crippen LogP contribution in [0.25, 0.3) is 5.69 Å².